The Labute approximate surface area is 110 Å². The molecule has 0 radical (unpaired) electrons. The maximum Gasteiger partial charge on any atom is 0.337 e. The van der Waals surface area contributed by atoms with Crippen LogP contribution in [0.5, 0.6) is 0 Å². The van der Waals surface area contributed by atoms with Gasteiger partial charge in [-0.2, -0.15) is 11.8 Å². The first-order valence-electron chi connectivity index (χ1n) is 5.76. The van der Waals surface area contributed by atoms with Crippen molar-refractivity contribution in [1.29, 1.82) is 0 Å². The van der Waals surface area contributed by atoms with Crippen LogP contribution in [-0.4, -0.2) is 32.1 Å². The number of carbonyl (C=O) groups is 1. The molecule has 0 aliphatic rings. The van der Waals surface area contributed by atoms with Crippen molar-refractivity contribution >= 4 is 28.8 Å². The maximum absolute atomic E-state index is 11.2. The molecule has 2 rings (SSSR count). The Morgan fingerprint density at radius 2 is 2.28 bits per heavy atom. The molecule has 1 aromatic heterocycles. The smallest absolute Gasteiger partial charge is 0.337 e. The van der Waals surface area contributed by atoms with E-state index in [1.54, 1.807) is 23.9 Å². The number of fused-ring (bicyclic) bond motifs is 1. The van der Waals surface area contributed by atoms with E-state index < -0.39 is 5.97 Å². The Kier molecular flexibility index (Phi) is 3.61. The van der Waals surface area contributed by atoms with E-state index in [1.165, 1.54) is 0 Å². The lowest BCUT2D eigenvalue weighted by molar-refractivity contribution is 0.0699. The van der Waals surface area contributed by atoms with Gasteiger partial charge in [0.1, 0.15) is 11.3 Å². The summed E-state index contributed by atoms with van der Waals surface area (Å²) < 4.78 is 2.09. The molecule has 4 nitrogen and oxygen atoms in total. The summed E-state index contributed by atoms with van der Waals surface area (Å²) in [4.78, 5) is 15.6. The van der Waals surface area contributed by atoms with Gasteiger partial charge >= 0.3 is 5.97 Å². The molecule has 0 aliphatic heterocycles. The standard InChI is InChI=1S/C13H16N2O2S/c1-8(18-3)7-15-9(2)14-12-10(13(16)17)5-4-6-11(12)15/h4-6,8H,7H2,1-3H3,(H,16,17). The fourth-order valence-electron chi connectivity index (χ4n) is 2.00. The van der Waals surface area contributed by atoms with Gasteiger partial charge in [-0.15, -0.1) is 0 Å². The van der Waals surface area contributed by atoms with Gasteiger partial charge in [0.25, 0.3) is 0 Å². The minimum Gasteiger partial charge on any atom is -0.478 e. The normalized spacial score (nSPS) is 12.8. The number of nitrogens with zero attached hydrogens (tertiary/aromatic N) is 2. The van der Waals surface area contributed by atoms with Crippen molar-refractivity contribution in [2.24, 2.45) is 0 Å². The summed E-state index contributed by atoms with van der Waals surface area (Å²) in [6, 6.07) is 5.29. The van der Waals surface area contributed by atoms with Crippen LogP contribution in [0.25, 0.3) is 11.0 Å². The van der Waals surface area contributed by atoms with E-state index in [2.05, 4.69) is 22.7 Å². The molecule has 0 saturated carbocycles. The zero-order valence-corrected chi connectivity index (χ0v) is 11.5. The Bertz CT molecular complexity index is 592. The summed E-state index contributed by atoms with van der Waals surface area (Å²) in [5.74, 6) is -0.0669. The van der Waals surface area contributed by atoms with Crippen LogP contribution >= 0.6 is 11.8 Å². The first kappa shape index (κ1) is 13.0. The topological polar surface area (TPSA) is 55.1 Å². The first-order chi connectivity index (χ1) is 8.54. The summed E-state index contributed by atoms with van der Waals surface area (Å²) in [5.41, 5.74) is 1.75. The van der Waals surface area contributed by atoms with Crippen molar-refractivity contribution in [2.75, 3.05) is 6.26 Å². The summed E-state index contributed by atoms with van der Waals surface area (Å²) >= 11 is 1.79. The third-order valence-corrected chi connectivity index (χ3v) is 4.00. The number of aromatic nitrogens is 2. The number of aromatic carboxylic acids is 1. The van der Waals surface area contributed by atoms with Crippen LogP contribution in [-0.2, 0) is 6.54 Å². The summed E-state index contributed by atoms with van der Waals surface area (Å²) in [6.45, 7) is 4.90. The van der Waals surface area contributed by atoms with Gasteiger partial charge in [-0.05, 0) is 25.3 Å². The lowest BCUT2D eigenvalue weighted by atomic mass is 10.2. The molecule has 1 unspecified atom stereocenters. The van der Waals surface area contributed by atoms with Gasteiger partial charge in [0, 0.05) is 11.8 Å². The van der Waals surface area contributed by atoms with Crippen LogP contribution in [0.15, 0.2) is 18.2 Å². The molecule has 0 spiro atoms. The second-order valence-electron chi connectivity index (χ2n) is 4.29. The van der Waals surface area contributed by atoms with E-state index in [9.17, 15) is 4.79 Å². The van der Waals surface area contributed by atoms with Gasteiger partial charge in [-0.25, -0.2) is 9.78 Å². The highest BCUT2D eigenvalue weighted by atomic mass is 32.2. The predicted molar refractivity (Wildman–Crippen MR) is 74.4 cm³/mol. The van der Waals surface area contributed by atoms with Crippen LogP contribution in [0, 0.1) is 6.92 Å². The molecule has 18 heavy (non-hydrogen) atoms. The largest absolute Gasteiger partial charge is 0.478 e. The van der Waals surface area contributed by atoms with Gasteiger partial charge in [0.15, 0.2) is 0 Å². The number of para-hydroxylation sites is 1. The number of carboxylic acid groups (broad SMARTS) is 1. The van der Waals surface area contributed by atoms with Crippen LogP contribution in [0.1, 0.15) is 23.1 Å². The quantitative estimate of drug-likeness (QED) is 0.922. The van der Waals surface area contributed by atoms with Crippen LogP contribution in [0.4, 0.5) is 0 Å². The van der Waals surface area contributed by atoms with E-state index in [1.807, 2.05) is 13.0 Å². The summed E-state index contributed by atoms with van der Waals surface area (Å²) in [5, 5.41) is 9.62. The van der Waals surface area contributed by atoms with Gasteiger partial charge in [0.2, 0.25) is 0 Å². The van der Waals surface area contributed by atoms with Gasteiger partial charge in [0.05, 0.1) is 11.1 Å². The number of carboxylic acids is 1. The lowest BCUT2D eigenvalue weighted by Gasteiger charge is -2.11. The minimum absolute atomic E-state index is 0.270. The Morgan fingerprint density at radius 3 is 2.89 bits per heavy atom. The third kappa shape index (κ3) is 2.22. The molecule has 0 aliphatic carbocycles. The number of rotatable bonds is 4. The van der Waals surface area contributed by atoms with Crippen molar-refractivity contribution in [2.45, 2.75) is 25.6 Å². The van der Waals surface area contributed by atoms with Crippen molar-refractivity contribution in [1.82, 2.24) is 9.55 Å². The fraction of sp³-hybridized carbons (Fsp3) is 0.385. The average Bonchev–Trinajstić information content (AvgIpc) is 2.65. The summed E-state index contributed by atoms with van der Waals surface area (Å²) in [7, 11) is 0. The summed E-state index contributed by atoms with van der Waals surface area (Å²) in [6.07, 6.45) is 2.07. The molecule has 1 N–H and O–H groups in total. The second-order valence-corrected chi connectivity index (χ2v) is 5.57. The molecule has 2 aromatic rings. The number of thioether (sulfide) groups is 1. The van der Waals surface area contributed by atoms with Crippen LogP contribution < -0.4 is 0 Å². The monoisotopic (exact) mass is 264 g/mol. The molecule has 0 bridgehead atoms. The van der Waals surface area contributed by atoms with E-state index in [0.717, 1.165) is 17.9 Å². The van der Waals surface area contributed by atoms with Crippen molar-refractivity contribution < 1.29 is 9.90 Å². The Hall–Kier alpha value is -1.49. The van der Waals surface area contributed by atoms with Crippen LogP contribution in [0.2, 0.25) is 0 Å². The molecule has 1 atom stereocenters. The maximum atomic E-state index is 11.2. The van der Waals surface area contributed by atoms with Crippen molar-refractivity contribution in [3.8, 4) is 0 Å². The molecule has 1 heterocycles. The molecule has 0 amide bonds. The van der Waals surface area contributed by atoms with Crippen LogP contribution in [0.3, 0.4) is 0 Å². The van der Waals surface area contributed by atoms with Gasteiger partial charge < -0.3 is 9.67 Å². The molecule has 0 saturated heterocycles. The molecule has 5 heteroatoms. The number of aryl methyl sites for hydroxylation is 1. The lowest BCUT2D eigenvalue weighted by Crippen LogP contribution is -2.10. The SMILES string of the molecule is CSC(C)Cn1c(C)nc2c(C(=O)O)cccc21. The molecule has 96 valence electrons. The fourth-order valence-corrected chi connectivity index (χ4v) is 2.30. The van der Waals surface area contributed by atoms with E-state index in [4.69, 9.17) is 5.11 Å². The van der Waals surface area contributed by atoms with Gasteiger partial charge in [-0.3, -0.25) is 0 Å². The molecule has 1 aromatic carbocycles. The zero-order valence-electron chi connectivity index (χ0n) is 10.7. The first-order valence-corrected chi connectivity index (χ1v) is 7.05. The Balaban J connectivity index is 2.58. The zero-order chi connectivity index (χ0) is 13.3. The van der Waals surface area contributed by atoms with Gasteiger partial charge in [-0.1, -0.05) is 13.0 Å². The number of hydrogen-bond donors (Lipinski definition) is 1. The molecular formula is C13H16N2O2S. The molecule has 0 fully saturated rings. The highest BCUT2D eigenvalue weighted by Crippen LogP contribution is 2.22. The highest BCUT2D eigenvalue weighted by Gasteiger charge is 2.15. The van der Waals surface area contributed by atoms with E-state index in [-0.39, 0.29) is 5.56 Å². The average molecular weight is 264 g/mol. The predicted octanol–water partition coefficient (Wildman–Crippen LogP) is 2.79. The number of hydrogen-bond acceptors (Lipinski definition) is 3. The van der Waals surface area contributed by atoms with E-state index >= 15 is 0 Å². The third-order valence-electron chi connectivity index (χ3n) is 3.04. The van der Waals surface area contributed by atoms with Crippen molar-refractivity contribution in [3.05, 3.63) is 29.6 Å². The second kappa shape index (κ2) is 5.02. The van der Waals surface area contributed by atoms with Crippen molar-refractivity contribution in [3.63, 3.8) is 0 Å². The Morgan fingerprint density at radius 1 is 1.56 bits per heavy atom. The number of imidazole rings is 1. The molecular weight excluding hydrogens is 248 g/mol. The van der Waals surface area contributed by atoms with E-state index in [0.29, 0.717) is 10.8 Å². The highest BCUT2D eigenvalue weighted by molar-refractivity contribution is 7.99. The minimum atomic E-state index is -0.928. The number of benzene rings is 1.